The summed E-state index contributed by atoms with van der Waals surface area (Å²) in [5.41, 5.74) is 2.01. The van der Waals surface area contributed by atoms with Crippen LogP contribution in [0.5, 0.6) is 0 Å². The summed E-state index contributed by atoms with van der Waals surface area (Å²) in [6.07, 6.45) is 2.77. The fraction of sp³-hybridized carbons (Fsp3) is 0. The summed E-state index contributed by atoms with van der Waals surface area (Å²) in [7, 11) is -4.02. The molecule has 0 spiro atoms. The van der Waals surface area contributed by atoms with Crippen molar-refractivity contribution in [3.05, 3.63) is 52.5 Å². The molecule has 0 saturated carbocycles. The van der Waals surface area contributed by atoms with Gasteiger partial charge in [0.1, 0.15) is 11.4 Å². The minimum atomic E-state index is -4.02. The van der Waals surface area contributed by atoms with Crippen LogP contribution in [0.25, 0.3) is 0 Å². The van der Waals surface area contributed by atoms with Crippen LogP contribution in [0.4, 0.5) is 11.4 Å². The van der Waals surface area contributed by atoms with Crippen LogP contribution in [0.1, 0.15) is 5.76 Å². The molecular formula is C11H10N4O5S. The van der Waals surface area contributed by atoms with Gasteiger partial charge >= 0.3 is 0 Å². The Morgan fingerprint density at radius 1 is 1.38 bits per heavy atom. The van der Waals surface area contributed by atoms with E-state index >= 15 is 0 Å². The summed E-state index contributed by atoms with van der Waals surface area (Å²) < 4.78 is 27.4. The largest absolute Gasteiger partial charge is 0.463 e. The van der Waals surface area contributed by atoms with Crippen LogP contribution in [0, 0.1) is 10.1 Å². The minimum absolute atomic E-state index is 0.0233. The molecule has 1 aromatic carbocycles. The van der Waals surface area contributed by atoms with E-state index in [0.29, 0.717) is 5.76 Å². The highest BCUT2D eigenvalue weighted by Gasteiger charge is 2.18. The van der Waals surface area contributed by atoms with Crippen LogP contribution >= 0.6 is 0 Å². The lowest BCUT2D eigenvalue weighted by molar-refractivity contribution is -0.384. The van der Waals surface area contributed by atoms with E-state index < -0.39 is 20.6 Å². The van der Waals surface area contributed by atoms with Crippen molar-refractivity contribution in [2.24, 2.45) is 10.2 Å². The molecule has 0 radical (unpaired) electrons. The average molecular weight is 310 g/mol. The van der Waals surface area contributed by atoms with Gasteiger partial charge in [-0.05, 0) is 24.3 Å². The molecule has 0 fully saturated rings. The lowest BCUT2D eigenvalue weighted by atomic mass is 10.3. The number of nitrogens with two attached hydrogens (primary N) is 1. The summed E-state index contributed by atoms with van der Waals surface area (Å²) in [5.74, 6) is 0.450. The van der Waals surface area contributed by atoms with Gasteiger partial charge in [-0.2, -0.15) is 5.10 Å². The molecule has 0 atom stereocenters. The second kappa shape index (κ2) is 5.73. The molecule has 21 heavy (non-hydrogen) atoms. The lowest BCUT2D eigenvalue weighted by Crippen LogP contribution is -2.12. The SMILES string of the molecule is NS(=O)(=O)c1ccc(NN=Cc2ccco2)c([N+](=O)[O-])c1. The van der Waals surface area contributed by atoms with Crippen LogP contribution in [0.15, 0.2) is 51.0 Å². The number of sulfonamides is 1. The van der Waals surface area contributed by atoms with E-state index in [4.69, 9.17) is 9.56 Å². The van der Waals surface area contributed by atoms with E-state index in [1.807, 2.05) is 0 Å². The fourth-order valence-corrected chi connectivity index (χ4v) is 2.00. The zero-order valence-electron chi connectivity index (χ0n) is 10.5. The van der Waals surface area contributed by atoms with Crippen molar-refractivity contribution in [3.63, 3.8) is 0 Å². The molecule has 2 rings (SSSR count). The number of nitro benzene ring substituents is 1. The Morgan fingerprint density at radius 2 is 2.14 bits per heavy atom. The molecule has 0 bridgehead atoms. The Hall–Kier alpha value is -2.72. The van der Waals surface area contributed by atoms with Gasteiger partial charge in [-0.15, -0.1) is 0 Å². The molecular weight excluding hydrogens is 300 g/mol. The topological polar surface area (TPSA) is 141 Å². The first kappa shape index (κ1) is 14.7. The Balaban J connectivity index is 2.29. The van der Waals surface area contributed by atoms with Gasteiger partial charge in [-0.3, -0.25) is 15.5 Å². The second-order valence-electron chi connectivity index (χ2n) is 3.87. The Labute approximate surface area is 119 Å². The zero-order valence-corrected chi connectivity index (χ0v) is 11.3. The number of anilines is 1. The van der Waals surface area contributed by atoms with Gasteiger partial charge in [0.25, 0.3) is 5.69 Å². The number of nitrogens with one attached hydrogen (secondary N) is 1. The van der Waals surface area contributed by atoms with E-state index in [-0.39, 0.29) is 10.6 Å². The maximum Gasteiger partial charge on any atom is 0.295 e. The summed E-state index contributed by atoms with van der Waals surface area (Å²) in [5, 5.41) is 19.6. The smallest absolute Gasteiger partial charge is 0.295 e. The fourth-order valence-electron chi connectivity index (χ4n) is 1.46. The predicted molar refractivity (Wildman–Crippen MR) is 74.4 cm³/mol. The zero-order chi connectivity index (χ0) is 15.5. The van der Waals surface area contributed by atoms with E-state index in [1.54, 1.807) is 12.1 Å². The number of hydrazone groups is 1. The molecule has 0 aliphatic heterocycles. The average Bonchev–Trinajstić information content (AvgIpc) is 2.90. The summed E-state index contributed by atoms with van der Waals surface area (Å²) in [6.45, 7) is 0. The summed E-state index contributed by atoms with van der Waals surface area (Å²) >= 11 is 0. The number of hydrogen-bond donors (Lipinski definition) is 2. The first-order valence-electron chi connectivity index (χ1n) is 5.52. The van der Waals surface area contributed by atoms with Crippen LogP contribution in [-0.4, -0.2) is 19.6 Å². The molecule has 2 aromatic rings. The molecule has 1 aromatic heterocycles. The van der Waals surface area contributed by atoms with E-state index in [1.165, 1.54) is 18.5 Å². The maximum absolute atomic E-state index is 11.2. The third-order valence-electron chi connectivity index (χ3n) is 2.41. The predicted octanol–water partition coefficient (Wildman–Crippen LogP) is 1.28. The first-order chi connectivity index (χ1) is 9.88. The molecule has 0 unspecified atom stereocenters. The van der Waals surface area contributed by atoms with E-state index in [0.717, 1.165) is 12.1 Å². The molecule has 9 nitrogen and oxygen atoms in total. The van der Waals surface area contributed by atoms with Gasteiger partial charge in [0.05, 0.1) is 22.3 Å². The Bertz CT molecular complexity index is 783. The highest BCUT2D eigenvalue weighted by atomic mass is 32.2. The number of nitro groups is 1. The van der Waals surface area contributed by atoms with Gasteiger partial charge in [0.2, 0.25) is 10.0 Å². The number of rotatable bonds is 5. The molecule has 0 aliphatic rings. The van der Waals surface area contributed by atoms with Crippen molar-refractivity contribution in [3.8, 4) is 0 Å². The van der Waals surface area contributed by atoms with E-state index in [2.05, 4.69) is 10.5 Å². The lowest BCUT2D eigenvalue weighted by Gasteiger charge is -2.03. The second-order valence-corrected chi connectivity index (χ2v) is 5.43. The third kappa shape index (κ3) is 3.64. The minimum Gasteiger partial charge on any atom is -0.463 e. The number of furan rings is 1. The van der Waals surface area contributed by atoms with Crippen molar-refractivity contribution in [1.82, 2.24) is 0 Å². The summed E-state index contributed by atoms with van der Waals surface area (Å²) in [6, 6.07) is 6.51. The highest BCUT2D eigenvalue weighted by Crippen LogP contribution is 2.27. The van der Waals surface area contributed by atoms with Crippen LogP contribution in [0.3, 0.4) is 0 Å². The number of benzene rings is 1. The first-order valence-corrected chi connectivity index (χ1v) is 7.06. The number of hydrogen-bond acceptors (Lipinski definition) is 7. The quantitative estimate of drug-likeness (QED) is 0.484. The van der Waals surface area contributed by atoms with Gasteiger partial charge in [-0.25, -0.2) is 13.6 Å². The monoisotopic (exact) mass is 310 g/mol. The number of nitrogens with zero attached hydrogens (tertiary/aromatic N) is 2. The van der Waals surface area contributed by atoms with Gasteiger partial charge < -0.3 is 4.42 Å². The Kier molecular flexibility index (Phi) is 4.00. The van der Waals surface area contributed by atoms with Crippen molar-refractivity contribution in [2.45, 2.75) is 4.90 Å². The van der Waals surface area contributed by atoms with Crippen molar-refractivity contribution in [2.75, 3.05) is 5.43 Å². The Morgan fingerprint density at radius 3 is 2.71 bits per heavy atom. The summed E-state index contributed by atoms with van der Waals surface area (Å²) in [4.78, 5) is 9.86. The normalized spacial score (nSPS) is 11.7. The van der Waals surface area contributed by atoms with Gasteiger partial charge in [0, 0.05) is 6.07 Å². The number of primary sulfonamides is 1. The van der Waals surface area contributed by atoms with Crippen LogP contribution in [-0.2, 0) is 10.0 Å². The van der Waals surface area contributed by atoms with Crippen LogP contribution < -0.4 is 10.6 Å². The molecule has 10 heteroatoms. The molecule has 3 N–H and O–H groups in total. The van der Waals surface area contributed by atoms with E-state index in [9.17, 15) is 18.5 Å². The van der Waals surface area contributed by atoms with Crippen molar-refractivity contribution >= 4 is 27.6 Å². The third-order valence-corrected chi connectivity index (χ3v) is 3.33. The van der Waals surface area contributed by atoms with Crippen molar-refractivity contribution in [1.29, 1.82) is 0 Å². The van der Waals surface area contributed by atoms with Gasteiger partial charge in [-0.1, -0.05) is 0 Å². The molecule has 110 valence electrons. The highest BCUT2D eigenvalue weighted by molar-refractivity contribution is 7.89. The van der Waals surface area contributed by atoms with Crippen molar-refractivity contribution < 1.29 is 17.8 Å². The molecule has 0 aliphatic carbocycles. The maximum atomic E-state index is 11.2. The van der Waals surface area contributed by atoms with Crippen LogP contribution in [0.2, 0.25) is 0 Å². The molecule has 1 heterocycles. The molecule has 0 saturated heterocycles. The van der Waals surface area contributed by atoms with Gasteiger partial charge in [0.15, 0.2) is 0 Å². The molecule has 0 amide bonds. The standard InChI is InChI=1S/C11H10N4O5S/c12-21(18,19)9-3-4-10(11(6-9)15(16)17)14-13-7-8-2-1-5-20-8/h1-7,14H,(H2,12,18,19).